The van der Waals surface area contributed by atoms with Gasteiger partial charge in [-0.1, -0.05) is 42.1 Å². The van der Waals surface area contributed by atoms with Crippen molar-refractivity contribution in [2.24, 2.45) is 0 Å². The quantitative estimate of drug-likeness (QED) is 0.163. The number of thiophene rings is 2. The summed E-state index contributed by atoms with van der Waals surface area (Å²) in [5, 5.41) is 17.8. The number of esters is 1. The van der Waals surface area contributed by atoms with E-state index in [9.17, 15) is 9.59 Å². The lowest BCUT2D eigenvalue weighted by molar-refractivity contribution is -0.113. The normalized spacial score (nSPS) is 11.0. The Hall–Kier alpha value is -3.67. The van der Waals surface area contributed by atoms with Crippen molar-refractivity contribution < 1.29 is 19.1 Å². The fraction of sp³-hybridized carbons (Fsp3) is 0.185. The lowest BCUT2D eigenvalue weighted by atomic mass is 10.0. The first-order chi connectivity index (χ1) is 18.5. The van der Waals surface area contributed by atoms with E-state index >= 15 is 0 Å². The lowest BCUT2D eigenvalue weighted by Crippen LogP contribution is -2.16. The monoisotopic (exact) mass is 564 g/mol. The Morgan fingerprint density at radius 3 is 2.50 bits per heavy atom. The van der Waals surface area contributed by atoms with Crippen LogP contribution in [0.2, 0.25) is 0 Å². The van der Waals surface area contributed by atoms with Crippen LogP contribution >= 0.6 is 34.4 Å². The number of methoxy groups -OCH3 is 2. The number of nitrogens with zero attached hydrogens (tertiary/aromatic N) is 3. The molecule has 38 heavy (non-hydrogen) atoms. The highest BCUT2D eigenvalue weighted by Gasteiger charge is 2.23. The van der Waals surface area contributed by atoms with Crippen LogP contribution in [0.15, 0.2) is 64.4 Å². The van der Waals surface area contributed by atoms with E-state index in [1.807, 2.05) is 53.3 Å². The van der Waals surface area contributed by atoms with Crippen LogP contribution in [0.5, 0.6) is 5.75 Å². The van der Waals surface area contributed by atoms with Crippen LogP contribution in [0.3, 0.4) is 0 Å². The van der Waals surface area contributed by atoms with E-state index in [2.05, 4.69) is 33.0 Å². The number of hydrogen-bond donors (Lipinski definition) is 1. The molecule has 0 unspecified atom stereocenters. The third-order valence-electron chi connectivity index (χ3n) is 5.92. The molecule has 1 amide bonds. The number of anilines is 1. The predicted molar refractivity (Wildman–Crippen MR) is 154 cm³/mol. The van der Waals surface area contributed by atoms with E-state index in [1.165, 1.54) is 34.9 Å². The van der Waals surface area contributed by atoms with Crippen molar-refractivity contribution in [2.45, 2.75) is 18.6 Å². The summed E-state index contributed by atoms with van der Waals surface area (Å²) in [6.07, 6.45) is 0. The Morgan fingerprint density at radius 1 is 1.00 bits per heavy atom. The van der Waals surface area contributed by atoms with Gasteiger partial charge in [-0.05, 0) is 30.7 Å². The highest BCUT2D eigenvalue weighted by molar-refractivity contribution is 7.99. The van der Waals surface area contributed by atoms with Gasteiger partial charge in [-0.15, -0.1) is 32.9 Å². The number of hydrogen-bond acceptors (Lipinski definition) is 9. The fourth-order valence-electron chi connectivity index (χ4n) is 4.06. The summed E-state index contributed by atoms with van der Waals surface area (Å²) >= 11 is 4.25. The molecule has 1 N–H and O–H groups in total. The van der Waals surface area contributed by atoms with E-state index in [4.69, 9.17) is 9.47 Å². The van der Waals surface area contributed by atoms with E-state index in [-0.39, 0.29) is 11.7 Å². The number of fused-ring (bicyclic) bond motifs is 1. The summed E-state index contributed by atoms with van der Waals surface area (Å²) in [5.41, 5.74) is 2.86. The van der Waals surface area contributed by atoms with Gasteiger partial charge in [0.05, 0.1) is 20.0 Å². The second kappa shape index (κ2) is 11.4. The Balaban J connectivity index is 1.33. The predicted octanol–water partition coefficient (Wildman–Crippen LogP) is 6.43. The molecule has 11 heteroatoms. The van der Waals surface area contributed by atoms with Crippen LogP contribution < -0.4 is 10.1 Å². The minimum Gasteiger partial charge on any atom is -0.497 e. The highest BCUT2D eigenvalue weighted by Crippen LogP contribution is 2.37. The fourth-order valence-corrected chi connectivity index (χ4v) is 6.78. The number of benzene rings is 2. The van der Waals surface area contributed by atoms with Gasteiger partial charge in [-0.2, -0.15) is 0 Å². The molecule has 0 saturated carbocycles. The van der Waals surface area contributed by atoms with Gasteiger partial charge in [0.15, 0.2) is 11.0 Å². The van der Waals surface area contributed by atoms with Crippen LogP contribution in [-0.4, -0.2) is 46.6 Å². The molecule has 5 rings (SSSR count). The van der Waals surface area contributed by atoms with Crippen LogP contribution in [0, 0.1) is 0 Å². The number of aromatic nitrogens is 3. The third-order valence-corrected chi connectivity index (χ3v) is 8.75. The van der Waals surface area contributed by atoms with Crippen molar-refractivity contribution in [1.29, 1.82) is 0 Å². The van der Waals surface area contributed by atoms with Crippen molar-refractivity contribution in [3.8, 4) is 28.3 Å². The molecular weight excluding hydrogens is 541 g/mol. The number of thioether (sulfide) groups is 1. The van der Waals surface area contributed by atoms with Gasteiger partial charge in [0, 0.05) is 38.5 Å². The summed E-state index contributed by atoms with van der Waals surface area (Å²) in [4.78, 5) is 25.6. The average Bonchev–Trinajstić information content (AvgIpc) is 3.67. The zero-order valence-corrected chi connectivity index (χ0v) is 23.3. The molecule has 0 fully saturated rings. The molecule has 0 aliphatic heterocycles. The standard InChI is InChI=1S/C27H24N4O4S3/c1-4-31-24(20-14-36-21-8-6-5-7-18(20)21)29-30-27(31)38-15-22(32)28-25-23(26(33)35-3)19(13-37-25)16-9-11-17(34-2)12-10-16/h5-14H,4,15H2,1-3H3,(H,28,32). The van der Waals surface area contributed by atoms with Gasteiger partial charge in [-0.3, -0.25) is 4.79 Å². The van der Waals surface area contributed by atoms with E-state index < -0.39 is 5.97 Å². The van der Waals surface area contributed by atoms with Crippen molar-refractivity contribution in [2.75, 3.05) is 25.3 Å². The zero-order valence-electron chi connectivity index (χ0n) is 20.9. The number of carbonyl (C=O) groups excluding carboxylic acids is 2. The van der Waals surface area contributed by atoms with Crippen molar-refractivity contribution in [1.82, 2.24) is 14.8 Å². The highest BCUT2D eigenvalue weighted by atomic mass is 32.2. The van der Waals surface area contributed by atoms with Crippen molar-refractivity contribution in [3.05, 3.63) is 64.9 Å². The first kappa shape index (κ1) is 26.0. The largest absolute Gasteiger partial charge is 0.497 e. The molecule has 0 aliphatic rings. The summed E-state index contributed by atoms with van der Waals surface area (Å²) in [5.74, 6) is 0.835. The molecule has 8 nitrogen and oxygen atoms in total. The number of ether oxygens (including phenoxy) is 2. The summed E-state index contributed by atoms with van der Waals surface area (Å²) < 4.78 is 13.4. The molecule has 0 spiro atoms. The molecule has 0 bridgehead atoms. The second-order valence-electron chi connectivity index (χ2n) is 8.11. The van der Waals surface area contributed by atoms with Gasteiger partial charge in [-0.25, -0.2) is 4.79 Å². The summed E-state index contributed by atoms with van der Waals surface area (Å²) in [6, 6.07) is 15.6. The van der Waals surface area contributed by atoms with Gasteiger partial charge in [0.2, 0.25) is 5.91 Å². The number of carbonyl (C=O) groups is 2. The van der Waals surface area contributed by atoms with E-state index in [1.54, 1.807) is 18.4 Å². The molecular formula is C27H24N4O4S3. The lowest BCUT2D eigenvalue weighted by Gasteiger charge is -2.09. The van der Waals surface area contributed by atoms with E-state index in [0.29, 0.717) is 33.6 Å². The first-order valence-corrected chi connectivity index (χ1v) is 14.4. The molecule has 194 valence electrons. The molecule has 3 heterocycles. The van der Waals surface area contributed by atoms with Gasteiger partial charge < -0.3 is 19.4 Å². The van der Waals surface area contributed by atoms with Gasteiger partial charge >= 0.3 is 5.97 Å². The maximum Gasteiger partial charge on any atom is 0.341 e. The molecule has 5 aromatic rings. The minimum atomic E-state index is -0.515. The second-order valence-corrected chi connectivity index (χ2v) is 10.8. The molecule has 3 aromatic heterocycles. The Labute approximate surface area is 231 Å². The smallest absolute Gasteiger partial charge is 0.341 e. The van der Waals surface area contributed by atoms with Crippen LogP contribution in [0.25, 0.3) is 32.6 Å². The molecule has 0 aliphatic carbocycles. The number of rotatable bonds is 9. The number of nitrogens with one attached hydrogen (secondary N) is 1. The molecule has 2 aromatic carbocycles. The Kier molecular flexibility index (Phi) is 7.77. The van der Waals surface area contributed by atoms with Gasteiger partial charge in [0.1, 0.15) is 16.3 Å². The summed E-state index contributed by atoms with van der Waals surface area (Å²) in [6.45, 7) is 2.69. The van der Waals surface area contributed by atoms with Gasteiger partial charge in [0.25, 0.3) is 0 Å². The van der Waals surface area contributed by atoms with Crippen LogP contribution in [-0.2, 0) is 16.1 Å². The molecule has 0 saturated heterocycles. The maximum absolute atomic E-state index is 12.9. The zero-order chi connectivity index (χ0) is 26.6. The minimum absolute atomic E-state index is 0.110. The third kappa shape index (κ3) is 5.04. The van der Waals surface area contributed by atoms with E-state index in [0.717, 1.165) is 22.3 Å². The summed E-state index contributed by atoms with van der Waals surface area (Å²) in [7, 11) is 2.92. The topological polar surface area (TPSA) is 95.3 Å². The van der Waals surface area contributed by atoms with Crippen LogP contribution in [0.4, 0.5) is 5.00 Å². The number of amides is 1. The average molecular weight is 565 g/mol. The first-order valence-electron chi connectivity index (χ1n) is 11.7. The maximum atomic E-state index is 12.9. The SMILES string of the molecule is CCn1c(SCC(=O)Nc2scc(-c3ccc(OC)cc3)c2C(=O)OC)nnc1-c1csc2ccccc12. The molecule has 0 radical (unpaired) electrons. The Morgan fingerprint density at radius 2 is 1.76 bits per heavy atom. The van der Waals surface area contributed by atoms with Crippen molar-refractivity contribution >= 4 is 61.4 Å². The Bertz CT molecular complexity index is 1600. The van der Waals surface area contributed by atoms with Crippen molar-refractivity contribution in [3.63, 3.8) is 0 Å². The van der Waals surface area contributed by atoms with Crippen LogP contribution in [0.1, 0.15) is 17.3 Å². The molecule has 0 atom stereocenters.